The number of rotatable bonds is 3. The van der Waals surface area contributed by atoms with Gasteiger partial charge in [0.2, 0.25) is 11.8 Å². The number of nitrogens with one attached hydrogen (secondary N) is 1. The number of likely N-dealkylation sites (tertiary alicyclic amines) is 1. The van der Waals surface area contributed by atoms with Gasteiger partial charge in [-0.25, -0.2) is 4.79 Å². The minimum Gasteiger partial charge on any atom is -0.338 e. The van der Waals surface area contributed by atoms with E-state index in [1.54, 1.807) is 0 Å². The van der Waals surface area contributed by atoms with Gasteiger partial charge in [0.15, 0.2) is 0 Å². The van der Waals surface area contributed by atoms with Gasteiger partial charge >= 0.3 is 6.03 Å². The second-order valence-electron chi connectivity index (χ2n) is 6.71. The third-order valence-electron chi connectivity index (χ3n) is 4.99. The summed E-state index contributed by atoms with van der Waals surface area (Å²) in [7, 11) is 0. The predicted octanol–water partition coefficient (Wildman–Crippen LogP) is 1.64. The van der Waals surface area contributed by atoms with Crippen molar-refractivity contribution in [2.45, 2.75) is 38.6 Å². The van der Waals surface area contributed by atoms with Gasteiger partial charge in [0.1, 0.15) is 6.54 Å². The Morgan fingerprint density at radius 3 is 2.75 bits per heavy atom. The monoisotopic (exact) mass is 329 g/mol. The summed E-state index contributed by atoms with van der Waals surface area (Å²) in [4.78, 5) is 38.9. The molecule has 6 nitrogen and oxygen atoms in total. The average Bonchev–Trinajstić information content (AvgIpc) is 2.92. The first kappa shape index (κ1) is 16.5. The average molecular weight is 329 g/mol. The van der Waals surface area contributed by atoms with Gasteiger partial charge in [-0.3, -0.25) is 14.9 Å². The van der Waals surface area contributed by atoms with Gasteiger partial charge in [-0.15, -0.1) is 0 Å². The van der Waals surface area contributed by atoms with E-state index in [-0.39, 0.29) is 30.8 Å². The topological polar surface area (TPSA) is 69.7 Å². The van der Waals surface area contributed by atoms with Crippen molar-refractivity contribution in [2.24, 2.45) is 0 Å². The molecule has 0 spiro atoms. The molecule has 2 atom stereocenters. The van der Waals surface area contributed by atoms with Crippen LogP contribution in [0.3, 0.4) is 0 Å². The molecular formula is C18H23N3O3. The molecule has 24 heavy (non-hydrogen) atoms. The maximum Gasteiger partial charge on any atom is 0.324 e. The molecule has 1 aromatic carbocycles. The molecule has 0 aromatic heterocycles. The second-order valence-corrected chi connectivity index (χ2v) is 6.71. The third kappa shape index (κ3) is 3.27. The van der Waals surface area contributed by atoms with Crippen LogP contribution in [-0.4, -0.2) is 53.3 Å². The molecule has 4 amide bonds. The fourth-order valence-electron chi connectivity index (χ4n) is 3.65. The van der Waals surface area contributed by atoms with E-state index in [0.29, 0.717) is 19.0 Å². The Morgan fingerprint density at radius 1 is 1.29 bits per heavy atom. The smallest absolute Gasteiger partial charge is 0.324 e. The molecule has 128 valence electrons. The molecule has 2 aliphatic rings. The van der Waals surface area contributed by atoms with Gasteiger partial charge in [0.25, 0.3) is 0 Å². The number of carbonyl (C=O) groups excluding carboxylic acids is 3. The molecule has 3 rings (SSSR count). The number of benzene rings is 1. The van der Waals surface area contributed by atoms with Crippen LogP contribution in [-0.2, 0) is 9.59 Å². The zero-order valence-electron chi connectivity index (χ0n) is 14.1. The van der Waals surface area contributed by atoms with Crippen molar-refractivity contribution in [1.29, 1.82) is 0 Å². The van der Waals surface area contributed by atoms with Gasteiger partial charge < -0.3 is 9.80 Å². The number of hydrogen-bond acceptors (Lipinski definition) is 3. The highest BCUT2D eigenvalue weighted by molar-refractivity contribution is 5.98. The zero-order valence-corrected chi connectivity index (χ0v) is 14.1. The fraction of sp³-hybridized carbons (Fsp3) is 0.500. The van der Waals surface area contributed by atoms with Crippen LogP contribution >= 0.6 is 0 Å². The van der Waals surface area contributed by atoms with Crippen LogP contribution in [0.25, 0.3) is 0 Å². The molecule has 0 bridgehead atoms. The van der Waals surface area contributed by atoms with E-state index in [0.717, 1.165) is 6.42 Å². The van der Waals surface area contributed by atoms with Crippen LogP contribution in [0.15, 0.2) is 24.3 Å². The number of hydrogen-bond donors (Lipinski definition) is 1. The van der Waals surface area contributed by atoms with E-state index >= 15 is 0 Å². The summed E-state index contributed by atoms with van der Waals surface area (Å²) >= 11 is 0. The summed E-state index contributed by atoms with van der Waals surface area (Å²) in [6, 6.07) is 7.96. The number of amides is 4. The molecule has 2 aliphatic heterocycles. The largest absolute Gasteiger partial charge is 0.338 e. The standard InChI is InChI=1S/C18H23N3O3/c1-12-5-3-4-6-15(12)14-9-13(2)21(10-14)17(23)11-20-8-7-16(22)19-18(20)24/h3-6,13-14H,7-11H2,1-2H3,(H,19,22,24). The Kier molecular flexibility index (Phi) is 4.55. The summed E-state index contributed by atoms with van der Waals surface area (Å²) in [6.45, 7) is 5.17. The van der Waals surface area contributed by atoms with Crippen molar-refractivity contribution < 1.29 is 14.4 Å². The van der Waals surface area contributed by atoms with E-state index in [2.05, 4.69) is 31.3 Å². The summed E-state index contributed by atoms with van der Waals surface area (Å²) in [5.41, 5.74) is 2.54. The lowest BCUT2D eigenvalue weighted by atomic mass is 9.93. The van der Waals surface area contributed by atoms with E-state index < -0.39 is 6.03 Å². The summed E-state index contributed by atoms with van der Waals surface area (Å²) < 4.78 is 0. The number of urea groups is 1. The van der Waals surface area contributed by atoms with Gasteiger partial charge in [0.05, 0.1) is 0 Å². The fourth-order valence-corrected chi connectivity index (χ4v) is 3.65. The highest BCUT2D eigenvalue weighted by atomic mass is 16.2. The molecule has 2 fully saturated rings. The quantitative estimate of drug-likeness (QED) is 0.916. The zero-order chi connectivity index (χ0) is 17.3. The normalized spacial score (nSPS) is 24.2. The molecule has 0 saturated carbocycles. The first-order valence-corrected chi connectivity index (χ1v) is 8.39. The minimum atomic E-state index is -0.470. The first-order chi connectivity index (χ1) is 11.5. The molecule has 1 aromatic rings. The van der Waals surface area contributed by atoms with Crippen molar-refractivity contribution >= 4 is 17.8 Å². The maximum absolute atomic E-state index is 12.6. The Morgan fingerprint density at radius 2 is 2.04 bits per heavy atom. The number of carbonyl (C=O) groups is 3. The molecule has 0 aliphatic carbocycles. The van der Waals surface area contributed by atoms with Gasteiger partial charge in [-0.05, 0) is 31.4 Å². The summed E-state index contributed by atoms with van der Waals surface area (Å²) in [6.07, 6.45) is 1.18. The number of nitrogens with zero attached hydrogens (tertiary/aromatic N) is 2. The van der Waals surface area contributed by atoms with Crippen molar-refractivity contribution in [3.63, 3.8) is 0 Å². The Bertz CT molecular complexity index is 673. The van der Waals surface area contributed by atoms with Crippen LogP contribution in [0.1, 0.15) is 36.8 Å². The first-order valence-electron chi connectivity index (χ1n) is 8.39. The van der Waals surface area contributed by atoms with E-state index in [4.69, 9.17) is 0 Å². The van der Waals surface area contributed by atoms with Crippen LogP contribution in [0, 0.1) is 6.92 Å². The second kappa shape index (κ2) is 6.63. The SMILES string of the molecule is Cc1ccccc1C1CC(C)N(C(=O)CN2CCC(=O)NC2=O)C1. The van der Waals surface area contributed by atoms with Crippen LogP contribution in [0.2, 0.25) is 0 Å². The van der Waals surface area contributed by atoms with Gasteiger partial charge in [0, 0.05) is 31.5 Å². The third-order valence-corrected chi connectivity index (χ3v) is 4.99. The van der Waals surface area contributed by atoms with Crippen LogP contribution in [0.5, 0.6) is 0 Å². The van der Waals surface area contributed by atoms with Gasteiger partial charge in [-0.2, -0.15) is 0 Å². The van der Waals surface area contributed by atoms with Crippen molar-refractivity contribution in [1.82, 2.24) is 15.1 Å². The molecule has 2 heterocycles. The Hall–Kier alpha value is -2.37. The van der Waals surface area contributed by atoms with Crippen LogP contribution < -0.4 is 5.32 Å². The number of aryl methyl sites for hydroxylation is 1. The highest BCUT2D eigenvalue weighted by Gasteiger charge is 2.35. The van der Waals surface area contributed by atoms with Gasteiger partial charge in [-0.1, -0.05) is 24.3 Å². The predicted molar refractivity (Wildman–Crippen MR) is 89.4 cm³/mol. The van der Waals surface area contributed by atoms with E-state index in [1.165, 1.54) is 16.0 Å². The van der Waals surface area contributed by atoms with Crippen molar-refractivity contribution in [2.75, 3.05) is 19.6 Å². The van der Waals surface area contributed by atoms with E-state index in [9.17, 15) is 14.4 Å². The maximum atomic E-state index is 12.6. The van der Waals surface area contributed by atoms with Crippen molar-refractivity contribution in [3.05, 3.63) is 35.4 Å². The van der Waals surface area contributed by atoms with Crippen molar-refractivity contribution in [3.8, 4) is 0 Å². The lowest BCUT2D eigenvalue weighted by Gasteiger charge is -2.29. The minimum absolute atomic E-state index is 0.0317. The Labute approximate surface area is 141 Å². The lowest BCUT2D eigenvalue weighted by Crippen LogP contribution is -2.53. The Balaban J connectivity index is 1.65. The molecule has 2 unspecified atom stereocenters. The van der Waals surface area contributed by atoms with E-state index in [1.807, 2.05) is 17.0 Å². The molecule has 1 N–H and O–H groups in total. The molecular weight excluding hydrogens is 306 g/mol. The molecule has 6 heteroatoms. The van der Waals surface area contributed by atoms with Crippen LogP contribution in [0.4, 0.5) is 4.79 Å². The highest BCUT2D eigenvalue weighted by Crippen LogP contribution is 2.33. The molecule has 2 saturated heterocycles. The number of imide groups is 1. The summed E-state index contributed by atoms with van der Waals surface area (Å²) in [5, 5.41) is 2.26. The molecule has 0 radical (unpaired) electrons. The lowest BCUT2D eigenvalue weighted by molar-refractivity contribution is -0.133. The summed E-state index contributed by atoms with van der Waals surface area (Å²) in [5.74, 6) is 0.00264.